The van der Waals surface area contributed by atoms with Crippen LogP contribution in [0.5, 0.6) is 0 Å². The van der Waals surface area contributed by atoms with E-state index >= 15 is 0 Å². The number of carbonyl (C=O) groups is 1. The van der Waals surface area contributed by atoms with Crippen molar-refractivity contribution in [1.29, 1.82) is 0 Å². The zero-order valence-corrected chi connectivity index (χ0v) is 9.82. The topological polar surface area (TPSA) is 30.0 Å². The Hall–Kier alpha value is -1.70. The number of hydrogen-bond acceptors (Lipinski definition) is 2. The number of benzene rings is 1. The second-order valence-corrected chi connectivity index (χ2v) is 5.04. The van der Waals surface area contributed by atoms with Crippen molar-refractivity contribution < 1.29 is 4.79 Å². The normalized spacial score (nSPS) is 11.7. The maximum Gasteiger partial charge on any atom is 0.151 e. The largest absolute Gasteiger partial charge is 0.298 e. The molecule has 0 amide bonds. The third kappa shape index (κ3) is 1.96. The summed E-state index contributed by atoms with van der Waals surface area (Å²) in [6.45, 7) is 6.52. The molecule has 0 saturated heterocycles. The second-order valence-electron chi connectivity index (χ2n) is 5.04. The highest BCUT2D eigenvalue weighted by Gasteiger charge is 2.13. The SMILES string of the molecule is CC(C)(C)c1ccc2ncc(C=O)cc2c1. The van der Waals surface area contributed by atoms with Gasteiger partial charge in [-0.25, -0.2) is 0 Å². The number of pyridine rings is 1. The van der Waals surface area contributed by atoms with Crippen LogP contribution in [-0.2, 0) is 5.41 Å². The standard InChI is InChI=1S/C14H15NO/c1-14(2,3)12-4-5-13-11(7-12)6-10(9-16)8-15-13/h4-9H,1-3H3. The van der Waals surface area contributed by atoms with Crippen LogP contribution in [0.2, 0.25) is 0 Å². The van der Waals surface area contributed by atoms with Gasteiger partial charge < -0.3 is 0 Å². The summed E-state index contributed by atoms with van der Waals surface area (Å²) in [7, 11) is 0. The van der Waals surface area contributed by atoms with Crippen LogP contribution in [-0.4, -0.2) is 11.3 Å². The van der Waals surface area contributed by atoms with Gasteiger partial charge in [0.05, 0.1) is 5.52 Å². The summed E-state index contributed by atoms with van der Waals surface area (Å²) < 4.78 is 0. The predicted octanol–water partition coefficient (Wildman–Crippen LogP) is 3.34. The van der Waals surface area contributed by atoms with Crippen LogP contribution >= 0.6 is 0 Å². The minimum Gasteiger partial charge on any atom is -0.298 e. The van der Waals surface area contributed by atoms with Crippen LogP contribution in [0.25, 0.3) is 10.9 Å². The van der Waals surface area contributed by atoms with E-state index in [4.69, 9.17) is 0 Å². The number of aromatic nitrogens is 1. The van der Waals surface area contributed by atoms with E-state index in [1.807, 2.05) is 12.1 Å². The second kappa shape index (κ2) is 3.71. The maximum absolute atomic E-state index is 10.7. The van der Waals surface area contributed by atoms with E-state index in [1.54, 1.807) is 6.20 Å². The first-order valence-electron chi connectivity index (χ1n) is 5.36. The molecular formula is C14H15NO. The van der Waals surface area contributed by atoms with Gasteiger partial charge in [0.15, 0.2) is 6.29 Å². The minimum absolute atomic E-state index is 0.116. The fourth-order valence-electron chi connectivity index (χ4n) is 1.68. The quantitative estimate of drug-likeness (QED) is 0.680. The number of nitrogens with zero attached hydrogens (tertiary/aromatic N) is 1. The van der Waals surface area contributed by atoms with E-state index in [-0.39, 0.29) is 5.41 Å². The Balaban J connectivity index is 2.64. The van der Waals surface area contributed by atoms with Crippen molar-refractivity contribution in [3.05, 3.63) is 41.6 Å². The van der Waals surface area contributed by atoms with Crippen LogP contribution in [0.4, 0.5) is 0 Å². The molecule has 0 unspecified atom stereocenters. The molecule has 16 heavy (non-hydrogen) atoms. The van der Waals surface area contributed by atoms with Gasteiger partial charge in [-0.2, -0.15) is 0 Å². The maximum atomic E-state index is 10.7. The highest BCUT2D eigenvalue weighted by atomic mass is 16.1. The highest BCUT2D eigenvalue weighted by molar-refractivity contribution is 5.86. The summed E-state index contributed by atoms with van der Waals surface area (Å²) in [6.07, 6.45) is 2.43. The summed E-state index contributed by atoms with van der Waals surface area (Å²) in [5.74, 6) is 0. The molecule has 0 fully saturated rings. The smallest absolute Gasteiger partial charge is 0.151 e. The lowest BCUT2D eigenvalue weighted by atomic mass is 9.86. The molecule has 0 spiro atoms. The minimum atomic E-state index is 0.116. The van der Waals surface area contributed by atoms with Crippen molar-refractivity contribution in [1.82, 2.24) is 4.98 Å². The van der Waals surface area contributed by atoms with Gasteiger partial charge in [-0.3, -0.25) is 9.78 Å². The van der Waals surface area contributed by atoms with Crippen molar-refractivity contribution in [2.24, 2.45) is 0 Å². The van der Waals surface area contributed by atoms with Crippen LogP contribution < -0.4 is 0 Å². The Labute approximate surface area is 95.3 Å². The molecule has 0 saturated carbocycles. The lowest BCUT2D eigenvalue weighted by Crippen LogP contribution is -2.10. The fourth-order valence-corrected chi connectivity index (χ4v) is 1.68. The van der Waals surface area contributed by atoms with Gasteiger partial charge in [-0.05, 0) is 29.2 Å². The van der Waals surface area contributed by atoms with Gasteiger partial charge in [0.25, 0.3) is 0 Å². The number of hydrogen-bond donors (Lipinski definition) is 0. The molecule has 0 aliphatic heterocycles. The third-order valence-corrected chi connectivity index (χ3v) is 2.70. The lowest BCUT2D eigenvalue weighted by Gasteiger charge is -2.19. The first-order valence-corrected chi connectivity index (χ1v) is 5.36. The highest BCUT2D eigenvalue weighted by Crippen LogP contribution is 2.25. The van der Waals surface area contributed by atoms with Gasteiger partial charge >= 0.3 is 0 Å². The number of fused-ring (bicyclic) bond motifs is 1. The summed E-state index contributed by atoms with van der Waals surface area (Å²) in [5, 5.41) is 1.03. The zero-order valence-electron chi connectivity index (χ0n) is 9.82. The monoisotopic (exact) mass is 213 g/mol. The first-order chi connectivity index (χ1) is 7.50. The van der Waals surface area contributed by atoms with Crippen molar-refractivity contribution in [3.8, 4) is 0 Å². The average molecular weight is 213 g/mol. The predicted molar refractivity (Wildman–Crippen MR) is 65.8 cm³/mol. The molecule has 82 valence electrons. The van der Waals surface area contributed by atoms with Crippen LogP contribution in [0.3, 0.4) is 0 Å². The molecule has 2 aromatic rings. The Morgan fingerprint density at radius 1 is 1.19 bits per heavy atom. The van der Waals surface area contributed by atoms with Gasteiger partial charge in [0, 0.05) is 17.1 Å². The fraction of sp³-hybridized carbons (Fsp3) is 0.286. The molecule has 2 heteroatoms. The van der Waals surface area contributed by atoms with Crippen molar-refractivity contribution >= 4 is 17.2 Å². The van der Waals surface area contributed by atoms with E-state index in [1.165, 1.54) is 5.56 Å². The lowest BCUT2D eigenvalue weighted by molar-refractivity contribution is 0.112. The molecule has 1 aromatic carbocycles. The van der Waals surface area contributed by atoms with Gasteiger partial charge in [0.2, 0.25) is 0 Å². The zero-order chi connectivity index (χ0) is 11.8. The van der Waals surface area contributed by atoms with Gasteiger partial charge in [-0.15, -0.1) is 0 Å². The van der Waals surface area contributed by atoms with Crippen LogP contribution in [0.1, 0.15) is 36.7 Å². The molecule has 0 N–H and O–H groups in total. The van der Waals surface area contributed by atoms with Gasteiger partial charge in [0.1, 0.15) is 0 Å². The first kappa shape index (κ1) is 10.8. The molecule has 0 aliphatic carbocycles. The molecule has 0 bridgehead atoms. The molecule has 1 heterocycles. The van der Waals surface area contributed by atoms with Crippen molar-refractivity contribution in [3.63, 3.8) is 0 Å². The third-order valence-electron chi connectivity index (χ3n) is 2.70. The Kier molecular flexibility index (Phi) is 2.50. The van der Waals surface area contributed by atoms with Crippen LogP contribution in [0.15, 0.2) is 30.5 Å². The van der Waals surface area contributed by atoms with Gasteiger partial charge in [-0.1, -0.05) is 26.8 Å². The summed E-state index contributed by atoms with van der Waals surface area (Å²) in [4.78, 5) is 14.9. The number of rotatable bonds is 1. The Morgan fingerprint density at radius 2 is 1.94 bits per heavy atom. The Morgan fingerprint density at radius 3 is 2.56 bits per heavy atom. The van der Waals surface area contributed by atoms with Crippen LogP contribution in [0, 0.1) is 0 Å². The van der Waals surface area contributed by atoms with E-state index in [9.17, 15) is 4.79 Å². The number of carbonyl (C=O) groups excluding carboxylic acids is 1. The van der Waals surface area contributed by atoms with E-state index in [0.717, 1.165) is 17.2 Å². The molecule has 0 aliphatic rings. The van der Waals surface area contributed by atoms with E-state index in [2.05, 4.69) is 37.9 Å². The van der Waals surface area contributed by atoms with Crippen molar-refractivity contribution in [2.75, 3.05) is 0 Å². The summed E-state index contributed by atoms with van der Waals surface area (Å²) >= 11 is 0. The molecule has 2 nitrogen and oxygen atoms in total. The number of aldehydes is 1. The summed E-state index contributed by atoms with van der Waals surface area (Å²) in [5.41, 5.74) is 2.92. The summed E-state index contributed by atoms with van der Waals surface area (Å²) in [6, 6.07) is 8.08. The van der Waals surface area contributed by atoms with E-state index in [0.29, 0.717) is 5.56 Å². The molecule has 1 aromatic heterocycles. The average Bonchev–Trinajstić information content (AvgIpc) is 2.26. The Bertz CT molecular complexity index is 538. The molecule has 2 rings (SSSR count). The van der Waals surface area contributed by atoms with Crippen molar-refractivity contribution in [2.45, 2.75) is 26.2 Å². The molecule has 0 radical (unpaired) electrons. The molecule has 0 atom stereocenters. The molecular weight excluding hydrogens is 198 g/mol. The van der Waals surface area contributed by atoms with E-state index < -0.39 is 0 Å².